The van der Waals surface area contributed by atoms with Gasteiger partial charge in [0.05, 0.1) is 0 Å². The first-order chi connectivity index (χ1) is 5.75. The van der Waals surface area contributed by atoms with Crippen LogP contribution in [0.1, 0.15) is 18.7 Å². The van der Waals surface area contributed by atoms with Gasteiger partial charge in [0, 0.05) is 11.4 Å². The molecule has 2 N–H and O–H groups in total. The van der Waals surface area contributed by atoms with E-state index in [4.69, 9.17) is 5.73 Å². The van der Waals surface area contributed by atoms with E-state index in [1.54, 1.807) is 11.3 Å². The quantitative estimate of drug-likeness (QED) is 0.762. The van der Waals surface area contributed by atoms with Crippen molar-refractivity contribution in [2.75, 3.05) is 6.54 Å². The Labute approximate surface area is 77.9 Å². The van der Waals surface area contributed by atoms with Crippen molar-refractivity contribution < 1.29 is 0 Å². The van der Waals surface area contributed by atoms with Gasteiger partial charge in [-0.15, -0.1) is 11.3 Å². The minimum absolute atomic E-state index is 0.562. The molecule has 0 bridgehead atoms. The molecule has 0 radical (unpaired) electrons. The molecule has 1 aromatic rings. The van der Waals surface area contributed by atoms with Crippen molar-refractivity contribution in [3.05, 3.63) is 28.5 Å². The van der Waals surface area contributed by atoms with Crippen LogP contribution >= 0.6 is 11.3 Å². The molecule has 0 atom stereocenters. The monoisotopic (exact) mass is 181 g/mol. The molecule has 66 valence electrons. The van der Waals surface area contributed by atoms with Gasteiger partial charge in [0.25, 0.3) is 0 Å². The fourth-order valence-corrected chi connectivity index (χ4v) is 2.11. The van der Waals surface area contributed by atoms with E-state index in [1.165, 1.54) is 10.5 Å². The molecule has 1 rings (SSSR count). The second kappa shape index (κ2) is 4.43. The molecule has 0 aliphatic rings. The van der Waals surface area contributed by atoms with Crippen molar-refractivity contribution in [2.45, 2.75) is 13.8 Å². The lowest BCUT2D eigenvalue weighted by Crippen LogP contribution is -1.98. The summed E-state index contributed by atoms with van der Waals surface area (Å²) in [6, 6.07) is 4.22. The molecule has 1 nitrogen and oxygen atoms in total. The van der Waals surface area contributed by atoms with Crippen molar-refractivity contribution in [3.8, 4) is 0 Å². The third-order valence-electron chi connectivity index (χ3n) is 1.77. The zero-order chi connectivity index (χ0) is 8.97. The maximum Gasteiger partial charge on any atom is 0.0302 e. The van der Waals surface area contributed by atoms with E-state index in [-0.39, 0.29) is 0 Å². The van der Waals surface area contributed by atoms with Crippen LogP contribution in [0.25, 0.3) is 5.57 Å². The van der Waals surface area contributed by atoms with Gasteiger partial charge in [0.1, 0.15) is 0 Å². The van der Waals surface area contributed by atoms with Gasteiger partial charge in [0.15, 0.2) is 0 Å². The second-order valence-electron chi connectivity index (χ2n) is 3.03. The van der Waals surface area contributed by atoms with E-state index < -0.39 is 0 Å². The van der Waals surface area contributed by atoms with Crippen LogP contribution < -0.4 is 5.73 Å². The van der Waals surface area contributed by atoms with Gasteiger partial charge in [-0.1, -0.05) is 26.0 Å². The van der Waals surface area contributed by atoms with Crippen molar-refractivity contribution in [1.29, 1.82) is 0 Å². The summed E-state index contributed by atoms with van der Waals surface area (Å²) in [5, 5.41) is 2.10. The molecule has 1 heterocycles. The lowest BCUT2D eigenvalue weighted by atomic mass is 10.0. The Morgan fingerprint density at radius 3 is 2.83 bits per heavy atom. The molecule has 2 heteroatoms. The highest BCUT2D eigenvalue weighted by Gasteiger charge is 2.05. The van der Waals surface area contributed by atoms with Crippen LogP contribution in [0.4, 0.5) is 0 Å². The van der Waals surface area contributed by atoms with E-state index >= 15 is 0 Å². The van der Waals surface area contributed by atoms with E-state index in [0.717, 1.165) is 0 Å². The lowest BCUT2D eigenvalue weighted by molar-refractivity contribution is 0.855. The predicted octanol–water partition coefficient (Wildman–Crippen LogP) is 2.75. The Morgan fingerprint density at radius 1 is 1.67 bits per heavy atom. The van der Waals surface area contributed by atoms with Gasteiger partial charge in [-0.2, -0.15) is 0 Å². The smallest absolute Gasteiger partial charge is 0.0302 e. The Morgan fingerprint density at radius 2 is 2.42 bits per heavy atom. The van der Waals surface area contributed by atoms with Crippen LogP contribution in [0.15, 0.2) is 23.6 Å². The van der Waals surface area contributed by atoms with Crippen LogP contribution in [0.5, 0.6) is 0 Å². The third-order valence-corrected chi connectivity index (χ3v) is 2.68. The van der Waals surface area contributed by atoms with E-state index in [9.17, 15) is 0 Å². The number of hydrogen-bond acceptors (Lipinski definition) is 2. The molecule has 12 heavy (non-hydrogen) atoms. The molecule has 0 aliphatic carbocycles. The molecular weight excluding hydrogens is 166 g/mol. The molecule has 0 saturated heterocycles. The molecule has 0 unspecified atom stereocenters. The highest BCUT2D eigenvalue weighted by Crippen LogP contribution is 2.26. The van der Waals surface area contributed by atoms with Gasteiger partial charge < -0.3 is 5.73 Å². The summed E-state index contributed by atoms with van der Waals surface area (Å²) in [6.45, 7) is 5.02. The number of nitrogens with two attached hydrogens (primary N) is 1. The molecule has 0 fully saturated rings. The zero-order valence-corrected chi connectivity index (χ0v) is 8.40. The Balaban J connectivity index is 2.88. The Kier molecular flexibility index (Phi) is 3.50. The van der Waals surface area contributed by atoms with Crippen LogP contribution in [0, 0.1) is 5.92 Å². The average molecular weight is 181 g/mol. The van der Waals surface area contributed by atoms with Crippen molar-refractivity contribution >= 4 is 16.9 Å². The van der Waals surface area contributed by atoms with Crippen molar-refractivity contribution in [3.63, 3.8) is 0 Å². The molecular formula is C10H15NS. The Hall–Kier alpha value is -0.600. The number of thiophene rings is 1. The number of rotatable bonds is 3. The normalized spacial score (nSPS) is 12.5. The summed E-state index contributed by atoms with van der Waals surface area (Å²) < 4.78 is 0. The summed E-state index contributed by atoms with van der Waals surface area (Å²) in [5.74, 6) is 0.562. The lowest BCUT2D eigenvalue weighted by Gasteiger charge is -2.08. The molecule has 0 saturated carbocycles. The van der Waals surface area contributed by atoms with E-state index in [1.807, 2.05) is 0 Å². The molecule has 0 aromatic carbocycles. The largest absolute Gasteiger partial charge is 0.327 e. The summed E-state index contributed by atoms with van der Waals surface area (Å²) >= 11 is 1.78. The predicted molar refractivity (Wildman–Crippen MR) is 56.2 cm³/mol. The average Bonchev–Trinajstić information content (AvgIpc) is 2.51. The van der Waals surface area contributed by atoms with Crippen LogP contribution in [-0.4, -0.2) is 6.54 Å². The minimum atomic E-state index is 0.562. The molecule has 0 aliphatic heterocycles. The van der Waals surface area contributed by atoms with Gasteiger partial charge in [0.2, 0.25) is 0 Å². The molecule has 0 amide bonds. The van der Waals surface area contributed by atoms with Crippen molar-refractivity contribution in [2.24, 2.45) is 11.7 Å². The summed E-state index contributed by atoms with van der Waals surface area (Å²) in [6.07, 6.45) is 2.11. The molecule has 0 spiro atoms. The van der Waals surface area contributed by atoms with E-state index in [2.05, 4.69) is 37.4 Å². The molecule has 1 aromatic heterocycles. The Bertz CT molecular complexity index is 247. The third kappa shape index (κ3) is 2.19. The fourth-order valence-electron chi connectivity index (χ4n) is 1.19. The SMILES string of the molecule is CC(C)C(=CCN)c1cccs1. The van der Waals surface area contributed by atoms with Gasteiger partial charge in [-0.25, -0.2) is 0 Å². The number of hydrogen-bond donors (Lipinski definition) is 1. The standard InChI is InChI=1S/C10H15NS/c1-8(2)9(5-6-11)10-4-3-7-12-10/h3-5,7-8H,6,11H2,1-2H3. The van der Waals surface area contributed by atoms with Gasteiger partial charge >= 0.3 is 0 Å². The van der Waals surface area contributed by atoms with Crippen LogP contribution in [0.3, 0.4) is 0 Å². The highest BCUT2D eigenvalue weighted by molar-refractivity contribution is 7.11. The zero-order valence-electron chi connectivity index (χ0n) is 7.58. The first-order valence-electron chi connectivity index (χ1n) is 4.19. The first kappa shape index (κ1) is 9.49. The van der Waals surface area contributed by atoms with Gasteiger partial charge in [-0.3, -0.25) is 0 Å². The minimum Gasteiger partial charge on any atom is -0.327 e. The second-order valence-corrected chi connectivity index (χ2v) is 3.97. The summed E-state index contributed by atoms with van der Waals surface area (Å²) in [5.41, 5.74) is 6.87. The maximum atomic E-state index is 5.50. The van der Waals surface area contributed by atoms with Gasteiger partial charge in [-0.05, 0) is 22.9 Å². The first-order valence-corrected chi connectivity index (χ1v) is 5.07. The van der Waals surface area contributed by atoms with Crippen LogP contribution in [-0.2, 0) is 0 Å². The summed E-state index contributed by atoms with van der Waals surface area (Å²) in [7, 11) is 0. The topological polar surface area (TPSA) is 26.0 Å². The highest BCUT2D eigenvalue weighted by atomic mass is 32.1. The fraction of sp³-hybridized carbons (Fsp3) is 0.400. The van der Waals surface area contributed by atoms with E-state index in [0.29, 0.717) is 12.5 Å². The maximum absolute atomic E-state index is 5.50. The van der Waals surface area contributed by atoms with Crippen molar-refractivity contribution in [1.82, 2.24) is 0 Å². The van der Waals surface area contributed by atoms with Crippen LogP contribution in [0.2, 0.25) is 0 Å². The summed E-state index contributed by atoms with van der Waals surface area (Å²) in [4.78, 5) is 1.34. The number of allylic oxidation sites excluding steroid dienone is 1.